The summed E-state index contributed by atoms with van der Waals surface area (Å²) in [5.74, 6) is -0.201. The largest absolute Gasteiger partial charge is 0.460 e. The summed E-state index contributed by atoms with van der Waals surface area (Å²) < 4.78 is 46.2. The Kier molecular flexibility index (Phi) is 5.87. The minimum atomic E-state index is -4.55. The molecule has 0 amide bonds. The maximum atomic E-state index is 13.5. The molecule has 1 heterocycles. The van der Waals surface area contributed by atoms with Crippen LogP contribution in [-0.2, 0) is 12.6 Å². The Labute approximate surface area is 157 Å². The van der Waals surface area contributed by atoms with Crippen LogP contribution >= 0.6 is 0 Å². The molecular weight excluding hydrogens is 355 g/mol. The fourth-order valence-corrected chi connectivity index (χ4v) is 3.28. The van der Waals surface area contributed by atoms with Gasteiger partial charge in [0.2, 0.25) is 0 Å². The monoisotopic (exact) mass is 379 g/mol. The van der Waals surface area contributed by atoms with Crippen molar-refractivity contribution in [3.8, 4) is 6.01 Å². The number of hydrogen-bond donors (Lipinski definition) is 0. The Morgan fingerprint density at radius 3 is 2.37 bits per heavy atom. The summed E-state index contributed by atoms with van der Waals surface area (Å²) in [5.41, 5.74) is 0.868. The number of rotatable bonds is 5. The molecule has 1 fully saturated rings. The summed E-state index contributed by atoms with van der Waals surface area (Å²) in [6.07, 6.45) is 2.15. The quantitative estimate of drug-likeness (QED) is 0.684. The molecule has 0 radical (unpaired) electrons. The first-order valence-corrected chi connectivity index (χ1v) is 9.32. The summed E-state index contributed by atoms with van der Waals surface area (Å²) in [7, 11) is 1.57. The summed E-state index contributed by atoms with van der Waals surface area (Å²) in [5, 5.41) is 0. The molecule has 0 unspecified atom stereocenters. The molecule has 1 saturated carbocycles. The molecule has 1 aliphatic carbocycles. The van der Waals surface area contributed by atoms with Gasteiger partial charge in [0, 0.05) is 18.9 Å². The van der Waals surface area contributed by atoms with E-state index in [0.29, 0.717) is 5.69 Å². The van der Waals surface area contributed by atoms with E-state index in [9.17, 15) is 13.2 Å². The van der Waals surface area contributed by atoms with E-state index in [2.05, 4.69) is 9.97 Å². The molecule has 0 N–H and O–H groups in total. The highest BCUT2D eigenvalue weighted by atomic mass is 19.4. The first-order chi connectivity index (χ1) is 12.9. The van der Waals surface area contributed by atoms with Gasteiger partial charge in [0.15, 0.2) is 5.82 Å². The zero-order chi connectivity index (χ0) is 19.4. The van der Waals surface area contributed by atoms with Gasteiger partial charge in [-0.3, -0.25) is 0 Å². The average Bonchev–Trinajstić information content (AvgIpc) is 2.67. The van der Waals surface area contributed by atoms with Crippen molar-refractivity contribution >= 4 is 11.5 Å². The number of nitrogens with zero attached hydrogens (tertiary/aromatic N) is 3. The number of alkyl halides is 3. The molecule has 146 valence electrons. The first-order valence-electron chi connectivity index (χ1n) is 9.32. The smallest absolute Gasteiger partial charge is 0.421 e. The molecule has 2 aromatic rings. The van der Waals surface area contributed by atoms with Gasteiger partial charge in [0.05, 0.1) is 0 Å². The molecule has 0 aliphatic heterocycles. The van der Waals surface area contributed by atoms with Crippen molar-refractivity contribution in [2.75, 3.05) is 11.9 Å². The topological polar surface area (TPSA) is 38.2 Å². The molecule has 3 rings (SSSR count). The van der Waals surface area contributed by atoms with Gasteiger partial charge in [-0.15, -0.1) is 0 Å². The van der Waals surface area contributed by atoms with Crippen molar-refractivity contribution in [3.05, 3.63) is 41.6 Å². The summed E-state index contributed by atoms with van der Waals surface area (Å²) in [6.45, 7) is 2.03. The van der Waals surface area contributed by atoms with Crippen molar-refractivity contribution in [1.82, 2.24) is 9.97 Å². The summed E-state index contributed by atoms with van der Waals surface area (Å²) in [4.78, 5) is 9.38. The van der Waals surface area contributed by atoms with E-state index in [1.54, 1.807) is 19.2 Å². The third-order valence-electron chi connectivity index (χ3n) is 4.93. The molecule has 0 atom stereocenters. The second-order valence-electron chi connectivity index (χ2n) is 6.84. The van der Waals surface area contributed by atoms with Gasteiger partial charge in [-0.05, 0) is 49.8 Å². The lowest BCUT2D eigenvalue weighted by Crippen LogP contribution is -2.23. The highest BCUT2D eigenvalue weighted by molar-refractivity contribution is 5.63. The van der Waals surface area contributed by atoms with E-state index in [0.717, 1.165) is 50.3 Å². The normalized spacial score (nSPS) is 15.6. The van der Waals surface area contributed by atoms with Crippen molar-refractivity contribution in [2.45, 2.75) is 57.7 Å². The van der Waals surface area contributed by atoms with Crippen LogP contribution in [-0.4, -0.2) is 23.1 Å². The van der Waals surface area contributed by atoms with Crippen LogP contribution in [0.2, 0.25) is 0 Å². The lowest BCUT2D eigenvalue weighted by atomic mass is 9.98. The van der Waals surface area contributed by atoms with Gasteiger partial charge < -0.3 is 9.64 Å². The zero-order valence-electron chi connectivity index (χ0n) is 15.6. The van der Waals surface area contributed by atoms with E-state index >= 15 is 0 Å². The number of benzene rings is 1. The average molecular weight is 379 g/mol. The third kappa shape index (κ3) is 4.70. The predicted octanol–water partition coefficient (Wildman–Crippen LogP) is 5.54. The molecule has 7 heteroatoms. The van der Waals surface area contributed by atoms with Crippen LogP contribution < -0.4 is 9.64 Å². The van der Waals surface area contributed by atoms with Crippen LogP contribution in [0.4, 0.5) is 24.7 Å². The fraction of sp³-hybridized carbons (Fsp3) is 0.500. The Morgan fingerprint density at radius 1 is 1.11 bits per heavy atom. The minimum Gasteiger partial charge on any atom is -0.460 e. The van der Waals surface area contributed by atoms with E-state index in [1.165, 1.54) is 4.90 Å². The number of ether oxygens (including phenoxy) is 1. The first kappa shape index (κ1) is 19.5. The standard InChI is InChI=1S/C20H24F3N3O/c1-3-14-9-11-15(12-10-14)26(2)18-17(20(21,22)23)13-24-19(25-18)27-16-7-5-4-6-8-16/h9-13,16H,3-8H2,1-2H3. The SMILES string of the molecule is CCc1ccc(N(C)c2nc(OC3CCCCC3)ncc2C(F)(F)F)cc1. The van der Waals surface area contributed by atoms with Gasteiger partial charge in [-0.2, -0.15) is 18.2 Å². The van der Waals surface area contributed by atoms with Gasteiger partial charge in [-0.25, -0.2) is 4.98 Å². The fourth-order valence-electron chi connectivity index (χ4n) is 3.28. The van der Waals surface area contributed by atoms with Crippen LogP contribution in [0, 0.1) is 0 Å². The molecule has 0 saturated heterocycles. The third-order valence-corrected chi connectivity index (χ3v) is 4.93. The lowest BCUT2D eigenvalue weighted by Gasteiger charge is -2.25. The van der Waals surface area contributed by atoms with Crippen LogP contribution in [0.1, 0.15) is 50.2 Å². The molecule has 4 nitrogen and oxygen atoms in total. The Morgan fingerprint density at radius 2 is 1.78 bits per heavy atom. The van der Waals surface area contributed by atoms with Crippen molar-refractivity contribution < 1.29 is 17.9 Å². The maximum Gasteiger partial charge on any atom is 0.421 e. The minimum absolute atomic E-state index is 0.00179. The van der Waals surface area contributed by atoms with Crippen LogP contribution in [0.3, 0.4) is 0 Å². The number of aromatic nitrogens is 2. The molecule has 1 aromatic heterocycles. The van der Waals surface area contributed by atoms with Crippen LogP contribution in [0.5, 0.6) is 6.01 Å². The number of anilines is 2. The molecule has 27 heavy (non-hydrogen) atoms. The van der Waals surface area contributed by atoms with Crippen molar-refractivity contribution in [1.29, 1.82) is 0 Å². The number of halogens is 3. The Balaban J connectivity index is 1.92. The molecular formula is C20H24F3N3O. The van der Waals surface area contributed by atoms with Gasteiger partial charge in [0.25, 0.3) is 0 Å². The van der Waals surface area contributed by atoms with Crippen molar-refractivity contribution in [2.24, 2.45) is 0 Å². The van der Waals surface area contributed by atoms with Crippen molar-refractivity contribution in [3.63, 3.8) is 0 Å². The lowest BCUT2D eigenvalue weighted by molar-refractivity contribution is -0.137. The summed E-state index contributed by atoms with van der Waals surface area (Å²) >= 11 is 0. The van der Waals surface area contributed by atoms with Gasteiger partial charge in [-0.1, -0.05) is 25.5 Å². The van der Waals surface area contributed by atoms with E-state index < -0.39 is 11.7 Å². The second-order valence-corrected chi connectivity index (χ2v) is 6.84. The molecule has 0 spiro atoms. The number of aryl methyl sites for hydroxylation is 1. The van der Waals surface area contributed by atoms with Crippen LogP contribution in [0.15, 0.2) is 30.5 Å². The molecule has 0 bridgehead atoms. The Bertz CT molecular complexity index is 756. The number of hydrogen-bond acceptors (Lipinski definition) is 4. The van der Waals surface area contributed by atoms with E-state index in [4.69, 9.17) is 4.74 Å². The summed E-state index contributed by atoms with van der Waals surface area (Å²) in [6, 6.07) is 7.40. The Hall–Kier alpha value is -2.31. The highest BCUT2D eigenvalue weighted by Gasteiger charge is 2.37. The second kappa shape index (κ2) is 8.15. The van der Waals surface area contributed by atoms with Gasteiger partial charge in [0.1, 0.15) is 11.7 Å². The zero-order valence-corrected chi connectivity index (χ0v) is 15.6. The maximum absolute atomic E-state index is 13.5. The van der Waals surface area contributed by atoms with Crippen LogP contribution in [0.25, 0.3) is 0 Å². The van der Waals surface area contributed by atoms with E-state index in [-0.39, 0.29) is 17.9 Å². The van der Waals surface area contributed by atoms with Gasteiger partial charge >= 0.3 is 12.2 Å². The molecule has 1 aliphatic rings. The van der Waals surface area contributed by atoms with E-state index in [1.807, 2.05) is 19.1 Å². The highest BCUT2D eigenvalue weighted by Crippen LogP contribution is 2.38. The molecule has 1 aromatic carbocycles. The predicted molar refractivity (Wildman–Crippen MR) is 98.4 cm³/mol.